The summed E-state index contributed by atoms with van der Waals surface area (Å²) < 4.78 is 0.964. The van der Waals surface area contributed by atoms with Crippen LogP contribution in [0.15, 0.2) is 40.9 Å². The lowest BCUT2D eigenvalue weighted by molar-refractivity contribution is 0.0699. The predicted octanol–water partition coefficient (Wildman–Crippen LogP) is 4.00. The zero-order valence-corrected chi connectivity index (χ0v) is 12.2. The topological polar surface area (TPSA) is 66.0 Å². The number of carbonyl (C=O) groups is 1. The Kier molecular flexibility index (Phi) is 3.06. The normalized spacial score (nSPS) is 10.9. The van der Waals surface area contributed by atoms with Crippen LogP contribution in [-0.2, 0) is 0 Å². The fraction of sp³-hybridized carbons (Fsp3) is 0.0667. The third-order valence-electron chi connectivity index (χ3n) is 3.06. The number of para-hydroxylation sites is 1. The molecule has 100 valence electrons. The van der Waals surface area contributed by atoms with Crippen LogP contribution in [0.5, 0.6) is 0 Å². The summed E-state index contributed by atoms with van der Waals surface area (Å²) in [7, 11) is 0. The average molecular weight is 331 g/mol. The highest BCUT2D eigenvalue weighted by Crippen LogP contribution is 2.26. The minimum Gasteiger partial charge on any atom is -0.478 e. The van der Waals surface area contributed by atoms with Crippen molar-refractivity contribution in [3.05, 3.63) is 52.0 Å². The lowest BCUT2D eigenvalue weighted by atomic mass is 10.1. The fourth-order valence-electron chi connectivity index (χ4n) is 2.21. The van der Waals surface area contributed by atoms with Crippen LogP contribution in [0.4, 0.5) is 0 Å². The highest BCUT2D eigenvalue weighted by atomic mass is 79.9. The largest absolute Gasteiger partial charge is 0.478 e. The van der Waals surface area contributed by atoms with Gasteiger partial charge in [0.05, 0.1) is 11.1 Å². The minimum absolute atomic E-state index is 0.205. The van der Waals surface area contributed by atoms with Crippen LogP contribution in [0.25, 0.3) is 22.4 Å². The van der Waals surface area contributed by atoms with E-state index in [1.165, 1.54) is 0 Å². The summed E-state index contributed by atoms with van der Waals surface area (Å²) in [5.41, 5.74) is 3.43. The van der Waals surface area contributed by atoms with E-state index in [0.717, 1.165) is 21.1 Å². The summed E-state index contributed by atoms with van der Waals surface area (Å²) in [6.45, 7) is 2.00. The number of aromatic carboxylic acids is 1. The van der Waals surface area contributed by atoms with Gasteiger partial charge >= 0.3 is 5.97 Å². The van der Waals surface area contributed by atoms with Gasteiger partial charge in [0.2, 0.25) is 0 Å². The molecular weight excluding hydrogens is 320 g/mol. The molecule has 0 aliphatic rings. The van der Waals surface area contributed by atoms with E-state index < -0.39 is 5.97 Å². The third kappa shape index (κ3) is 2.20. The Bertz CT molecular complexity index is 804. The standard InChI is InChI=1S/C15H11BrN2O2/c1-8-5-9(7-10(16)6-8)14-17-12-4-2-3-11(15(19)20)13(12)18-14/h2-7H,1H3,(H,17,18)(H,19,20). The SMILES string of the molecule is Cc1cc(Br)cc(-c2nc3c(C(=O)O)cccc3[nH]2)c1. The highest BCUT2D eigenvalue weighted by molar-refractivity contribution is 9.10. The van der Waals surface area contributed by atoms with Crippen molar-refractivity contribution >= 4 is 32.9 Å². The number of aromatic nitrogens is 2. The molecule has 4 nitrogen and oxygen atoms in total. The Morgan fingerprint density at radius 3 is 2.80 bits per heavy atom. The molecule has 0 saturated carbocycles. The Balaban J connectivity index is 2.23. The number of halogens is 1. The van der Waals surface area contributed by atoms with Gasteiger partial charge in [-0.3, -0.25) is 0 Å². The summed E-state index contributed by atoms with van der Waals surface area (Å²) in [5, 5.41) is 9.19. The number of aryl methyl sites for hydroxylation is 1. The van der Waals surface area contributed by atoms with Gasteiger partial charge in [-0.2, -0.15) is 0 Å². The molecule has 20 heavy (non-hydrogen) atoms. The quantitative estimate of drug-likeness (QED) is 0.746. The van der Waals surface area contributed by atoms with Crippen molar-refractivity contribution in [3.8, 4) is 11.4 Å². The molecule has 0 unspecified atom stereocenters. The van der Waals surface area contributed by atoms with Crippen molar-refractivity contribution in [2.75, 3.05) is 0 Å². The molecule has 0 saturated heterocycles. The number of carboxylic acids is 1. The molecule has 1 heterocycles. The summed E-state index contributed by atoms with van der Waals surface area (Å²) in [5.74, 6) is -0.308. The maximum atomic E-state index is 11.2. The van der Waals surface area contributed by atoms with E-state index >= 15 is 0 Å². The monoisotopic (exact) mass is 330 g/mol. The van der Waals surface area contributed by atoms with Gasteiger partial charge in [-0.25, -0.2) is 9.78 Å². The Morgan fingerprint density at radius 1 is 1.30 bits per heavy atom. The van der Waals surface area contributed by atoms with Crippen LogP contribution < -0.4 is 0 Å². The second-order valence-corrected chi connectivity index (χ2v) is 5.53. The van der Waals surface area contributed by atoms with Crippen LogP contribution >= 0.6 is 15.9 Å². The van der Waals surface area contributed by atoms with E-state index in [9.17, 15) is 9.90 Å². The van der Waals surface area contributed by atoms with E-state index in [0.29, 0.717) is 11.3 Å². The zero-order chi connectivity index (χ0) is 14.3. The molecule has 0 spiro atoms. The number of aromatic amines is 1. The maximum absolute atomic E-state index is 11.2. The molecule has 0 atom stereocenters. The molecule has 0 fully saturated rings. The number of fused-ring (bicyclic) bond motifs is 1. The Hall–Kier alpha value is -2.14. The van der Waals surface area contributed by atoms with Crippen molar-refractivity contribution in [3.63, 3.8) is 0 Å². The number of hydrogen-bond donors (Lipinski definition) is 2. The number of carboxylic acid groups (broad SMARTS) is 1. The fourth-order valence-corrected chi connectivity index (χ4v) is 2.82. The predicted molar refractivity (Wildman–Crippen MR) is 80.9 cm³/mol. The number of rotatable bonds is 2. The lowest BCUT2D eigenvalue weighted by Gasteiger charge is -2.00. The molecule has 0 amide bonds. The van der Waals surface area contributed by atoms with Crippen molar-refractivity contribution in [1.82, 2.24) is 9.97 Å². The van der Waals surface area contributed by atoms with Gasteiger partial charge in [0, 0.05) is 10.0 Å². The van der Waals surface area contributed by atoms with Gasteiger partial charge in [-0.15, -0.1) is 0 Å². The number of H-pyrrole nitrogens is 1. The summed E-state index contributed by atoms with van der Waals surface area (Å²) in [6.07, 6.45) is 0. The number of nitrogens with zero attached hydrogens (tertiary/aromatic N) is 1. The van der Waals surface area contributed by atoms with E-state index in [-0.39, 0.29) is 5.56 Å². The van der Waals surface area contributed by atoms with Crippen LogP contribution in [0.2, 0.25) is 0 Å². The van der Waals surface area contributed by atoms with Gasteiger partial charge in [0.15, 0.2) is 0 Å². The highest BCUT2D eigenvalue weighted by Gasteiger charge is 2.13. The van der Waals surface area contributed by atoms with Crippen molar-refractivity contribution < 1.29 is 9.90 Å². The molecule has 2 N–H and O–H groups in total. The smallest absolute Gasteiger partial charge is 0.337 e. The van der Waals surface area contributed by atoms with Crippen LogP contribution in [0, 0.1) is 6.92 Å². The third-order valence-corrected chi connectivity index (χ3v) is 3.52. The van der Waals surface area contributed by atoms with Gasteiger partial charge in [-0.05, 0) is 42.8 Å². The van der Waals surface area contributed by atoms with E-state index in [4.69, 9.17) is 0 Å². The van der Waals surface area contributed by atoms with Gasteiger partial charge in [-0.1, -0.05) is 22.0 Å². The molecule has 5 heteroatoms. The van der Waals surface area contributed by atoms with E-state index in [1.807, 2.05) is 31.2 Å². The first-order valence-corrected chi connectivity index (χ1v) is 6.83. The minimum atomic E-state index is -0.973. The number of hydrogen-bond acceptors (Lipinski definition) is 2. The number of nitrogens with one attached hydrogen (secondary N) is 1. The Morgan fingerprint density at radius 2 is 2.10 bits per heavy atom. The van der Waals surface area contributed by atoms with Crippen molar-refractivity contribution in [2.45, 2.75) is 6.92 Å². The van der Waals surface area contributed by atoms with Gasteiger partial charge in [0.1, 0.15) is 11.3 Å². The molecule has 0 bridgehead atoms. The Labute approximate surface area is 123 Å². The molecule has 0 radical (unpaired) electrons. The lowest BCUT2D eigenvalue weighted by Crippen LogP contribution is -1.96. The number of imidazole rings is 1. The summed E-state index contributed by atoms with van der Waals surface area (Å²) >= 11 is 3.46. The molecule has 3 rings (SSSR count). The first-order valence-electron chi connectivity index (χ1n) is 6.04. The molecular formula is C15H11BrN2O2. The molecule has 0 aliphatic heterocycles. The van der Waals surface area contributed by atoms with Crippen molar-refractivity contribution in [2.24, 2.45) is 0 Å². The summed E-state index contributed by atoms with van der Waals surface area (Å²) in [4.78, 5) is 18.8. The second kappa shape index (κ2) is 4.76. The van der Waals surface area contributed by atoms with E-state index in [1.54, 1.807) is 12.1 Å². The molecule has 3 aromatic rings. The second-order valence-electron chi connectivity index (χ2n) is 4.61. The van der Waals surface area contributed by atoms with Gasteiger partial charge < -0.3 is 10.1 Å². The van der Waals surface area contributed by atoms with Gasteiger partial charge in [0.25, 0.3) is 0 Å². The molecule has 2 aromatic carbocycles. The van der Waals surface area contributed by atoms with Crippen molar-refractivity contribution in [1.29, 1.82) is 0 Å². The summed E-state index contributed by atoms with van der Waals surface area (Å²) in [6, 6.07) is 11.0. The first kappa shape index (κ1) is 12.9. The number of benzene rings is 2. The average Bonchev–Trinajstić information content (AvgIpc) is 2.80. The van der Waals surface area contributed by atoms with E-state index in [2.05, 4.69) is 25.9 Å². The first-order chi connectivity index (χ1) is 9.54. The molecule has 1 aromatic heterocycles. The maximum Gasteiger partial charge on any atom is 0.337 e. The van der Waals surface area contributed by atoms with Crippen LogP contribution in [-0.4, -0.2) is 21.0 Å². The van der Waals surface area contributed by atoms with Crippen LogP contribution in [0.1, 0.15) is 15.9 Å². The van der Waals surface area contributed by atoms with Crippen LogP contribution in [0.3, 0.4) is 0 Å². The molecule has 0 aliphatic carbocycles. The zero-order valence-electron chi connectivity index (χ0n) is 10.6.